The Morgan fingerprint density at radius 3 is 2.26 bits per heavy atom. The molecule has 0 saturated carbocycles. The van der Waals surface area contributed by atoms with Crippen molar-refractivity contribution in [1.29, 1.82) is 0 Å². The first-order valence-electron chi connectivity index (χ1n) is 6.71. The van der Waals surface area contributed by atoms with Crippen LogP contribution in [0.4, 0.5) is 0 Å². The monoisotopic (exact) mass is 273 g/mol. The average molecular weight is 274 g/mol. The highest BCUT2D eigenvalue weighted by Crippen LogP contribution is 2.22. The first-order valence-corrected chi connectivity index (χ1v) is 7.09. The van der Waals surface area contributed by atoms with Gasteiger partial charge in [0.1, 0.15) is 0 Å². The topological polar surface area (TPSA) is 12.0 Å². The molecule has 1 N–H and O–H groups in total. The predicted octanol–water partition coefficient (Wildman–Crippen LogP) is 4.62. The van der Waals surface area contributed by atoms with Gasteiger partial charge >= 0.3 is 0 Å². The molecule has 0 aliphatic rings. The van der Waals surface area contributed by atoms with E-state index in [9.17, 15) is 0 Å². The van der Waals surface area contributed by atoms with Crippen molar-refractivity contribution in [3.63, 3.8) is 0 Å². The lowest BCUT2D eigenvalue weighted by molar-refractivity contribution is 0.477. The Labute approximate surface area is 120 Å². The number of rotatable bonds is 5. The van der Waals surface area contributed by atoms with Crippen LogP contribution in [-0.4, -0.2) is 6.04 Å². The predicted molar refractivity (Wildman–Crippen MR) is 82.6 cm³/mol. The van der Waals surface area contributed by atoms with Gasteiger partial charge in [-0.15, -0.1) is 0 Å². The van der Waals surface area contributed by atoms with Crippen molar-refractivity contribution in [2.45, 2.75) is 32.4 Å². The van der Waals surface area contributed by atoms with Crippen molar-refractivity contribution in [1.82, 2.24) is 5.32 Å². The standard InChI is InChI=1S/C17H20ClN/c1-13(12-15-8-4-3-5-9-15)19-14(2)16-10-6-7-11-17(16)18/h3-11,13-14,19H,12H2,1-2H3. The summed E-state index contributed by atoms with van der Waals surface area (Å²) >= 11 is 6.22. The van der Waals surface area contributed by atoms with E-state index < -0.39 is 0 Å². The van der Waals surface area contributed by atoms with Crippen LogP contribution < -0.4 is 5.32 Å². The Balaban J connectivity index is 1.96. The van der Waals surface area contributed by atoms with Gasteiger partial charge in [0.25, 0.3) is 0 Å². The minimum Gasteiger partial charge on any atom is -0.307 e. The Hall–Kier alpha value is -1.31. The third kappa shape index (κ3) is 4.09. The van der Waals surface area contributed by atoms with Crippen LogP contribution in [-0.2, 0) is 6.42 Å². The number of hydrogen-bond acceptors (Lipinski definition) is 1. The van der Waals surface area contributed by atoms with Crippen molar-refractivity contribution in [3.05, 3.63) is 70.7 Å². The zero-order chi connectivity index (χ0) is 13.7. The summed E-state index contributed by atoms with van der Waals surface area (Å²) < 4.78 is 0. The molecule has 0 bridgehead atoms. The summed E-state index contributed by atoms with van der Waals surface area (Å²) in [7, 11) is 0. The van der Waals surface area contributed by atoms with Crippen molar-refractivity contribution in [2.75, 3.05) is 0 Å². The molecule has 2 atom stereocenters. The Morgan fingerprint density at radius 2 is 1.58 bits per heavy atom. The summed E-state index contributed by atoms with van der Waals surface area (Å²) in [5.41, 5.74) is 2.51. The molecule has 19 heavy (non-hydrogen) atoms. The van der Waals surface area contributed by atoms with E-state index in [2.05, 4.69) is 49.5 Å². The molecular formula is C17H20ClN. The van der Waals surface area contributed by atoms with Gasteiger partial charge in [-0.25, -0.2) is 0 Å². The number of nitrogens with one attached hydrogen (secondary N) is 1. The zero-order valence-electron chi connectivity index (χ0n) is 11.4. The lowest BCUT2D eigenvalue weighted by atomic mass is 10.0. The van der Waals surface area contributed by atoms with Gasteiger partial charge in [0.15, 0.2) is 0 Å². The summed E-state index contributed by atoms with van der Waals surface area (Å²) in [4.78, 5) is 0. The second kappa shape index (κ2) is 6.74. The van der Waals surface area contributed by atoms with E-state index in [1.54, 1.807) is 0 Å². The highest BCUT2D eigenvalue weighted by molar-refractivity contribution is 6.31. The summed E-state index contributed by atoms with van der Waals surface area (Å²) in [6.45, 7) is 4.36. The maximum atomic E-state index is 6.22. The molecule has 0 amide bonds. The van der Waals surface area contributed by atoms with Gasteiger partial charge in [0.05, 0.1) is 0 Å². The lowest BCUT2D eigenvalue weighted by Gasteiger charge is -2.21. The van der Waals surface area contributed by atoms with Gasteiger partial charge in [-0.05, 0) is 37.5 Å². The summed E-state index contributed by atoms with van der Waals surface area (Å²) in [5, 5.41) is 4.43. The van der Waals surface area contributed by atoms with Gasteiger partial charge in [-0.2, -0.15) is 0 Å². The van der Waals surface area contributed by atoms with Crippen LogP contribution in [0.3, 0.4) is 0 Å². The van der Waals surface area contributed by atoms with Gasteiger partial charge in [0, 0.05) is 17.1 Å². The molecule has 0 spiro atoms. The van der Waals surface area contributed by atoms with E-state index in [0.717, 1.165) is 17.0 Å². The van der Waals surface area contributed by atoms with Gasteiger partial charge < -0.3 is 5.32 Å². The van der Waals surface area contributed by atoms with Crippen LogP contribution in [0.1, 0.15) is 31.0 Å². The first-order chi connectivity index (χ1) is 9.16. The van der Waals surface area contributed by atoms with Crippen LogP contribution >= 0.6 is 11.6 Å². The van der Waals surface area contributed by atoms with E-state index in [1.165, 1.54) is 5.56 Å². The fourth-order valence-electron chi connectivity index (χ4n) is 2.37. The lowest BCUT2D eigenvalue weighted by Crippen LogP contribution is -2.30. The molecule has 2 aromatic rings. The first kappa shape index (κ1) is 14.1. The summed E-state index contributed by atoms with van der Waals surface area (Å²) in [5.74, 6) is 0. The summed E-state index contributed by atoms with van der Waals surface area (Å²) in [6.07, 6.45) is 1.02. The molecular weight excluding hydrogens is 254 g/mol. The molecule has 2 unspecified atom stereocenters. The van der Waals surface area contributed by atoms with Crippen molar-refractivity contribution in [3.8, 4) is 0 Å². The number of benzene rings is 2. The quantitative estimate of drug-likeness (QED) is 0.838. The van der Waals surface area contributed by atoms with E-state index in [-0.39, 0.29) is 6.04 Å². The maximum Gasteiger partial charge on any atom is 0.0453 e. The highest BCUT2D eigenvalue weighted by atomic mass is 35.5. The minimum absolute atomic E-state index is 0.257. The van der Waals surface area contributed by atoms with Gasteiger partial charge in [0.2, 0.25) is 0 Å². The van der Waals surface area contributed by atoms with Crippen LogP contribution in [0.5, 0.6) is 0 Å². The molecule has 0 saturated heterocycles. The number of halogens is 1. The molecule has 0 aliphatic heterocycles. The minimum atomic E-state index is 0.257. The van der Waals surface area contributed by atoms with E-state index in [0.29, 0.717) is 6.04 Å². The highest BCUT2D eigenvalue weighted by Gasteiger charge is 2.12. The second-order valence-corrected chi connectivity index (χ2v) is 5.41. The van der Waals surface area contributed by atoms with Gasteiger partial charge in [-0.1, -0.05) is 60.1 Å². The van der Waals surface area contributed by atoms with Crippen LogP contribution in [0, 0.1) is 0 Å². The molecule has 100 valence electrons. The normalized spacial score (nSPS) is 14.1. The Morgan fingerprint density at radius 1 is 0.947 bits per heavy atom. The van der Waals surface area contributed by atoms with Crippen molar-refractivity contribution in [2.24, 2.45) is 0 Å². The van der Waals surface area contributed by atoms with E-state index in [1.807, 2.05) is 24.3 Å². The molecule has 2 heteroatoms. The van der Waals surface area contributed by atoms with Crippen LogP contribution in [0.2, 0.25) is 5.02 Å². The molecule has 0 aromatic heterocycles. The average Bonchev–Trinajstić information content (AvgIpc) is 2.40. The third-order valence-corrected chi connectivity index (χ3v) is 3.64. The molecule has 0 radical (unpaired) electrons. The fourth-order valence-corrected chi connectivity index (χ4v) is 2.67. The Bertz CT molecular complexity index is 510. The second-order valence-electron chi connectivity index (χ2n) is 5.00. The maximum absolute atomic E-state index is 6.22. The third-order valence-electron chi connectivity index (χ3n) is 3.29. The molecule has 0 fully saturated rings. The fraction of sp³-hybridized carbons (Fsp3) is 0.294. The Kier molecular flexibility index (Phi) is 5.00. The SMILES string of the molecule is CC(Cc1ccccc1)NC(C)c1ccccc1Cl. The van der Waals surface area contributed by atoms with Gasteiger partial charge in [-0.3, -0.25) is 0 Å². The zero-order valence-corrected chi connectivity index (χ0v) is 12.2. The molecule has 0 heterocycles. The van der Waals surface area contributed by atoms with E-state index in [4.69, 9.17) is 11.6 Å². The smallest absolute Gasteiger partial charge is 0.0453 e. The van der Waals surface area contributed by atoms with Crippen LogP contribution in [0.15, 0.2) is 54.6 Å². The number of hydrogen-bond donors (Lipinski definition) is 1. The molecule has 0 aliphatic carbocycles. The molecule has 1 nitrogen and oxygen atoms in total. The largest absolute Gasteiger partial charge is 0.307 e. The van der Waals surface area contributed by atoms with Crippen molar-refractivity contribution < 1.29 is 0 Å². The van der Waals surface area contributed by atoms with E-state index >= 15 is 0 Å². The van der Waals surface area contributed by atoms with Crippen LogP contribution in [0.25, 0.3) is 0 Å². The molecule has 2 rings (SSSR count). The molecule has 2 aromatic carbocycles. The summed E-state index contributed by atoms with van der Waals surface area (Å²) in [6, 6.07) is 19.2. The van der Waals surface area contributed by atoms with Crippen molar-refractivity contribution >= 4 is 11.6 Å².